The predicted molar refractivity (Wildman–Crippen MR) is 129 cm³/mol. The number of fused-ring (bicyclic) bond motifs is 3. The number of aryl methyl sites for hydroxylation is 1. The first-order valence-corrected chi connectivity index (χ1v) is 12.0. The first kappa shape index (κ1) is 20.8. The molecule has 3 aliphatic rings. The van der Waals surface area contributed by atoms with E-state index in [2.05, 4.69) is 40.3 Å². The van der Waals surface area contributed by atoms with Crippen molar-refractivity contribution in [3.8, 4) is 6.07 Å². The van der Waals surface area contributed by atoms with Crippen LogP contribution in [0, 0.1) is 30.1 Å². The minimum Gasteiger partial charge on any atom is -0.397 e. The van der Waals surface area contributed by atoms with Gasteiger partial charge in [-0.1, -0.05) is 13.0 Å². The molecule has 3 N–H and O–H groups in total. The molecule has 2 saturated heterocycles. The van der Waals surface area contributed by atoms with Crippen LogP contribution in [0.15, 0.2) is 30.3 Å². The van der Waals surface area contributed by atoms with Gasteiger partial charge in [0.1, 0.15) is 15.8 Å². The monoisotopic (exact) mass is 445 g/mol. The highest BCUT2D eigenvalue weighted by Crippen LogP contribution is 2.42. The maximum absolute atomic E-state index is 12.8. The molecule has 3 aromatic rings. The first-order valence-electron chi connectivity index (χ1n) is 11.2. The fourth-order valence-electron chi connectivity index (χ4n) is 4.99. The van der Waals surface area contributed by atoms with Crippen LogP contribution in [-0.4, -0.2) is 30.5 Å². The number of piperidine rings is 2. The Labute approximate surface area is 192 Å². The summed E-state index contributed by atoms with van der Waals surface area (Å²) < 4.78 is 0. The van der Waals surface area contributed by atoms with Crippen LogP contribution in [0.25, 0.3) is 10.2 Å². The normalized spacial score (nSPS) is 20.5. The molecule has 2 bridgehead atoms. The summed E-state index contributed by atoms with van der Waals surface area (Å²) in [4.78, 5) is 20.9. The van der Waals surface area contributed by atoms with Gasteiger partial charge in [0.25, 0.3) is 5.91 Å². The van der Waals surface area contributed by atoms with Crippen molar-refractivity contribution in [2.24, 2.45) is 11.8 Å². The topological polar surface area (TPSA) is 95.0 Å². The van der Waals surface area contributed by atoms with E-state index in [0.29, 0.717) is 17.1 Å². The molecule has 2 aliphatic heterocycles. The van der Waals surface area contributed by atoms with Crippen LogP contribution < -0.4 is 16.0 Å². The lowest BCUT2D eigenvalue weighted by Gasteiger charge is -2.48. The Kier molecular flexibility index (Phi) is 5.26. The minimum atomic E-state index is -0.181. The van der Waals surface area contributed by atoms with Crippen molar-refractivity contribution in [3.63, 3.8) is 0 Å². The number of carbonyl (C=O) groups excluding carboxylic acids is 1. The molecule has 0 unspecified atom stereocenters. The molecule has 1 saturated carbocycles. The van der Waals surface area contributed by atoms with E-state index in [9.17, 15) is 10.1 Å². The molecule has 6 nitrogen and oxygen atoms in total. The van der Waals surface area contributed by atoms with Gasteiger partial charge in [-0.05, 0) is 67.3 Å². The van der Waals surface area contributed by atoms with Gasteiger partial charge in [-0.3, -0.25) is 4.79 Å². The molecule has 1 aliphatic carbocycles. The Morgan fingerprint density at radius 1 is 1.31 bits per heavy atom. The van der Waals surface area contributed by atoms with Crippen molar-refractivity contribution in [2.45, 2.75) is 32.6 Å². The Balaban J connectivity index is 1.28. The number of hydrogen-bond acceptors (Lipinski definition) is 6. The first-order chi connectivity index (χ1) is 15.4. The third-order valence-corrected chi connectivity index (χ3v) is 7.96. The highest BCUT2D eigenvalue weighted by molar-refractivity contribution is 7.21. The molecular weight excluding hydrogens is 418 g/mol. The molecule has 32 heavy (non-hydrogen) atoms. The zero-order chi connectivity index (χ0) is 22.4. The van der Waals surface area contributed by atoms with Crippen LogP contribution in [-0.2, 0) is 0 Å². The Hall–Kier alpha value is -3.11. The molecule has 4 heterocycles. The van der Waals surface area contributed by atoms with Crippen molar-refractivity contribution in [3.05, 3.63) is 52.0 Å². The largest absolute Gasteiger partial charge is 0.397 e. The summed E-state index contributed by atoms with van der Waals surface area (Å²) in [7, 11) is 0. The maximum Gasteiger partial charge on any atom is 0.263 e. The van der Waals surface area contributed by atoms with Crippen LogP contribution in [0.1, 0.15) is 52.2 Å². The third-order valence-electron chi connectivity index (χ3n) is 6.85. The highest BCUT2D eigenvalue weighted by Gasteiger charge is 2.37. The van der Waals surface area contributed by atoms with Gasteiger partial charge in [0.05, 0.1) is 16.9 Å². The van der Waals surface area contributed by atoms with Crippen molar-refractivity contribution in [1.82, 2.24) is 10.3 Å². The molecule has 0 spiro atoms. The van der Waals surface area contributed by atoms with Gasteiger partial charge in [0.15, 0.2) is 0 Å². The molecule has 6 rings (SSSR count). The van der Waals surface area contributed by atoms with E-state index < -0.39 is 0 Å². The van der Waals surface area contributed by atoms with E-state index in [0.717, 1.165) is 57.7 Å². The quantitative estimate of drug-likeness (QED) is 0.605. The third kappa shape index (κ3) is 3.69. The summed E-state index contributed by atoms with van der Waals surface area (Å²) in [5.41, 5.74) is 10.4. The average molecular weight is 446 g/mol. The molecule has 164 valence electrons. The SMILES string of the molecule is Cc1ccc2c(N)c(C(=O)NC[C@H](C)c3ccc(N4CC5CC(C5)C4)c(C#N)c3)sc2n1. The van der Waals surface area contributed by atoms with Gasteiger partial charge in [-0.2, -0.15) is 5.26 Å². The lowest BCUT2D eigenvalue weighted by atomic mass is 9.71. The lowest BCUT2D eigenvalue weighted by Crippen LogP contribution is -2.48. The van der Waals surface area contributed by atoms with Crippen LogP contribution in [0.5, 0.6) is 0 Å². The highest BCUT2D eigenvalue weighted by atomic mass is 32.1. The number of carbonyl (C=O) groups is 1. The number of rotatable bonds is 5. The summed E-state index contributed by atoms with van der Waals surface area (Å²) in [6, 6.07) is 12.4. The van der Waals surface area contributed by atoms with Crippen molar-refractivity contribution >= 4 is 38.8 Å². The number of nitriles is 1. The summed E-state index contributed by atoms with van der Waals surface area (Å²) >= 11 is 1.32. The number of anilines is 2. The Bertz CT molecular complexity index is 1230. The zero-order valence-electron chi connectivity index (χ0n) is 18.4. The fourth-order valence-corrected chi connectivity index (χ4v) is 6.05. The molecule has 0 radical (unpaired) electrons. The maximum atomic E-state index is 12.8. The summed E-state index contributed by atoms with van der Waals surface area (Å²) in [5.74, 6) is 1.47. The number of thiophene rings is 1. The van der Waals surface area contributed by atoms with Gasteiger partial charge in [0, 0.05) is 30.7 Å². The number of benzene rings is 1. The molecule has 1 amide bonds. The standard InChI is InChI=1S/C25H27N5OS/c1-14(11-28-24(31)23-22(27)20-5-3-15(2)29-25(20)32-23)18-4-6-21(19(9-18)10-26)30-12-16-7-17(8-16)13-30/h3-6,9,14,16-17H,7-8,11-13,27H2,1-2H3,(H,28,31)/t14-,16?,17?/m0/s1. The van der Waals surface area contributed by atoms with Gasteiger partial charge in [-0.25, -0.2) is 4.98 Å². The smallest absolute Gasteiger partial charge is 0.263 e. The number of nitrogen functional groups attached to an aromatic ring is 1. The zero-order valence-corrected chi connectivity index (χ0v) is 19.2. The number of aromatic nitrogens is 1. The van der Waals surface area contributed by atoms with Crippen LogP contribution in [0.3, 0.4) is 0 Å². The molecule has 1 atom stereocenters. The number of hydrogen-bond donors (Lipinski definition) is 2. The summed E-state index contributed by atoms with van der Waals surface area (Å²) in [6.45, 7) is 6.57. The van der Waals surface area contributed by atoms with Crippen LogP contribution >= 0.6 is 11.3 Å². The van der Waals surface area contributed by atoms with E-state index in [1.54, 1.807) is 0 Å². The molecule has 3 fully saturated rings. The second kappa shape index (κ2) is 8.10. The number of nitrogens with one attached hydrogen (secondary N) is 1. The van der Waals surface area contributed by atoms with Crippen molar-refractivity contribution in [2.75, 3.05) is 30.3 Å². The average Bonchev–Trinajstić information content (AvgIpc) is 3.11. The number of nitrogens with zero attached hydrogens (tertiary/aromatic N) is 3. The summed E-state index contributed by atoms with van der Waals surface area (Å²) in [6.07, 6.45) is 2.68. The number of amides is 1. The number of pyridine rings is 1. The van der Waals surface area contributed by atoms with E-state index in [4.69, 9.17) is 5.73 Å². The molecule has 7 heteroatoms. The Morgan fingerprint density at radius 2 is 2.06 bits per heavy atom. The molecular formula is C25H27N5OS. The van der Waals surface area contributed by atoms with Gasteiger partial charge in [-0.15, -0.1) is 11.3 Å². The van der Waals surface area contributed by atoms with E-state index in [1.807, 2.05) is 25.1 Å². The molecule has 2 aromatic heterocycles. The Morgan fingerprint density at radius 3 is 2.78 bits per heavy atom. The number of nitrogens with two attached hydrogens (primary N) is 1. The minimum absolute atomic E-state index is 0.0748. The van der Waals surface area contributed by atoms with E-state index >= 15 is 0 Å². The summed E-state index contributed by atoms with van der Waals surface area (Å²) in [5, 5.41) is 13.6. The molecule has 1 aromatic carbocycles. The van der Waals surface area contributed by atoms with Gasteiger partial charge in [0.2, 0.25) is 0 Å². The van der Waals surface area contributed by atoms with Crippen molar-refractivity contribution in [1.29, 1.82) is 5.26 Å². The fraction of sp³-hybridized carbons (Fsp3) is 0.400. The van der Waals surface area contributed by atoms with Gasteiger partial charge < -0.3 is 16.0 Å². The van der Waals surface area contributed by atoms with Crippen molar-refractivity contribution < 1.29 is 4.79 Å². The van der Waals surface area contributed by atoms with E-state index in [-0.39, 0.29) is 11.8 Å². The lowest BCUT2D eigenvalue weighted by molar-refractivity contribution is 0.0956. The second-order valence-electron chi connectivity index (χ2n) is 9.26. The van der Waals surface area contributed by atoms with Crippen LogP contribution in [0.4, 0.5) is 11.4 Å². The van der Waals surface area contributed by atoms with E-state index in [1.165, 1.54) is 24.2 Å². The second-order valence-corrected chi connectivity index (χ2v) is 10.3. The van der Waals surface area contributed by atoms with Crippen LogP contribution in [0.2, 0.25) is 0 Å². The predicted octanol–water partition coefficient (Wildman–Crippen LogP) is 4.44. The van der Waals surface area contributed by atoms with Gasteiger partial charge >= 0.3 is 0 Å².